The van der Waals surface area contributed by atoms with Crippen molar-refractivity contribution < 1.29 is 4.74 Å². The average Bonchev–Trinajstić information content (AvgIpc) is 2.68. The van der Waals surface area contributed by atoms with Crippen LogP contribution in [0.3, 0.4) is 0 Å². The van der Waals surface area contributed by atoms with Crippen LogP contribution in [0.2, 0.25) is 0 Å². The highest BCUT2D eigenvalue weighted by Crippen LogP contribution is 2.22. The molecule has 0 radical (unpaired) electrons. The average molecular weight is 212 g/mol. The Morgan fingerprint density at radius 1 is 1.47 bits per heavy atom. The zero-order chi connectivity index (χ0) is 10.7. The predicted octanol–water partition coefficient (Wildman–Crippen LogP) is 1.08. The van der Waals surface area contributed by atoms with Gasteiger partial charge in [-0.25, -0.2) is 0 Å². The highest BCUT2D eigenvalue weighted by Gasteiger charge is 2.27. The Bertz CT molecular complexity index is 190. The molecule has 0 aliphatic carbocycles. The van der Waals surface area contributed by atoms with Gasteiger partial charge in [0.15, 0.2) is 0 Å². The summed E-state index contributed by atoms with van der Waals surface area (Å²) in [7, 11) is 0. The third-order valence-corrected chi connectivity index (χ3v) is 3.82. The molecule has 3 heteroatoms. The van der Waals surface area contributed by atoms with Gasteiger partial charge in [0.05, 0.1) is 6.61 Å². The molecule has 2 fully saturated rings. The van der Waals surface area contributed by atoms with Crippen molar-refractivity contribution in [1.29, 1.82) is 0 Å². The molecule has 15 heavy (non-hydrogen) atoms. The number of hydrogen-bond donors (Lipinski definition) is 1. The molecular formula is C12H24N2O. The summed E-state index contributed by atoms with van der Waals surface area (Å²) < 4.78 is 5.52. The Kier molecular flexibility index (Phi) is 4.00. The van der Waals surface area contributed by atoms with Gasteiger partial charge in [0, 0.05) is 25.7 Å². The molecule has 0 aromatic heterocycles. The summed E-state index contributed by atoms with van der Waals surface area (Å²) in [5, 5.41) is 0. The molecule has 2 rings (SSSR count). The maximum absolute atomic E-state index is 5.94. The number of ether oxygens (including phenoxy) is 1. The van der Waals surface area contributed by atoms with E-state index in [4.69, 9.17) is 10.5 Å². The SMILES string of the molecule is CC(N)C1CCN(CC2CCCOC2)C1. The van der Waals surface area contributed by atoms with Gasteiger partial charge in [0.1, 0.15) is 0 Å². The highest BCUT2D eigenvalue weighted by molar-refractivity contribution is 4.82. The van der Waals surface area contributed by atoms with Crippen LogP contribution >= 0.6 is 0 Å². The number of hydrogen-bond acceptors (Lipinski definition) is 3. The third-order valence-electron chi connectivity index (χ3n) is 3.82. The van der Waals surface area contributed by atoms with Gasteiger partial charge in [-0.15, -0.1) is 0 Å². The summed E-state index contributed by atoms with van der Waals surface area (Å²) in [5.74, 6) is 1.49. The van der Waals surface area contributed by atoms with Gasteiger partial charge < -0.3 is 15.4 Å². The minimum atomic E-state index is 0.359. The van der Waals surface area contributed by atoms with E-state index in [9.17, 15) is 0 Å². The van der Waals surface area contributed by atoms with E-state index in [1.54, 1.807) is 0 Å². The first-order valence-corrected chi connectivity index (χ1v) is 6.31. The topological polar surface area (TPSA) is 38.5 Å². The smallest absolute Gasteiger partial charge is 0.0506 e. The zero-order valence-corrected chi connectivity index (χ0v) is 9.82. The van der Waals surface area contributed by atoms with Crippen molar-refractivity contribution in [2.45, 2.75) is 32.2 Å². The highest BCUT2D eigenvalue weighted by atomic mass is 16.5. The molecule has 3 unspecified atom stereocenters. The van der Waals surface area contributed by atoms with Crippen LogP contribution in [-0.2, 0) is 4.74 Å². The second kappa shape index (κ2) is 5.28. The van der Waals surface area contributed by atoms with E-state index in [0.29, 0.717) is 6.04 Å². The second-order valence-electron chi connectivity index (χ2n) is 5.25. The van der Waals surface area contributed by atoms with Gasteiger partial charge in [-0.3, -0.25) is 0 Å². The van der Waals surface area contributed by atoms with Gasteiger partial charge >= 0.3 is 0 Å². The summed E-state index contributed by atoms with van der Waals surface area (Å²) in [5.41, 5.74) is 5.94. The van der Waals surface area contributed by atoms with E-state index in [1.807, 2.05) is 0 Å². The maximum atomic E-state index is 5.94. The second-order valence-corrected chi connectivity index (χ2v) is 5.25. The molecule has 0 saturated carbocycles. The lowest BCUT2D eigenvalue weighted by atomic mass is 10.0. The van der Waals surface area contributed by atoms with Crippen LogP contribution in [0.15, 0.2) is 0 Å². The van der Waals surface area contributed by atoms with E-state index in [2.05, 4.69) is 11.8 Å². The quantitative estimate of drug-likeness (QED) is 0.761. The lowest BCUT2D eigenvalue weighted by Crippen LogP contribution is -2.34. The molecule has 88 valence electrons. The van der Waals surface area contributed by atoms with Crippen LogP contribution in [0.1, 0.15) is 26.2 Å². The fourth-order valence-electron chi connectivity index (χ4n) is 2.77. The Morgan fingerprint density at radius 3 is 2.93 bits per heavy atom. The minimum Gasteiger partial charge on any atom is -0.381 e. The molecular weight excluding hydrogens is 188 g/mol. The lowest BCUT2D eigenvalue weighted by molar-refractivity contribution is 0.0412. The van der Waals surface area contributed by atoms with E-state index in [-0.39, 0.29) is 0 Å². The Labute approximate surface area is 93.0 Å². The molecule has 2 aliphatic heterocycles. The zero-order valence-electron chi connectivity index (χ0n) is 9.82. The van der Waals surface area contributed by atoms with Crippen LogP contribution in [0.25, 0.3) is 0 Å². The first kappa shape index (κ1) is 11.4. The Hall–Kier alpha value is -0.120. The number of nitrogens with two attached hydrogens (primary N) is 1. The van der Waals surface area contributed by atoms with Crippen LogP contribution in [0, 0.1) is 11.8 Å². The summed E-state index contributed by atoms with van der Waals surface area (Å²) in [4.78, 5) is 2.58. The van der Waals surface area contributed by atoms with Crippen molar-refractivity contribution in [2.24, 2.45) is 17.6 Å². The molecule has 0 amide bonds. The van der Waals surface area contributed by atoms with Crippen molar-refractivity contribution in [1.82, 2.24) is 4.90 Å². The van der Waals surface area contributed by atoms with E-state index >= 15 is 0 Å². The predicted molar refractivity (Wildman–Crippen MR) is 61.7 cm³/mol. The maximum Gasteiger partial charge on any atom is 0.0506 e. The number of rotatable bonds is 3. The molecule has 2 N–H and O–H groups in total. The number of nitrogens with zero attached hydrogens (tertiary/aromatic N) is 1. The van der Waals surface area contributed by atoms with Crippen LogP contribution in [0.4, 0.5) is 0 Å². The Morgan fingerprint density at radius 2 is 2.33 bits per heavy atom. The third kappa shape index (κ3) is 3.16. The van der Waals surface area contributed by atoms with Gasteiger partial charge in [-0.1, -0.05) is 0 Å². The summed E-state index contributed by atoms with van der Waals surface area (Å²) in [6, 6.07) is 0.359. The van der Waals surface area contributed by atoms with Crippen molar-refractivity contribution >= 4 is 0 Å². The molecule has 0 aromatic carbocycles. The normalized spacial score (nSPS) is 35.6. The van der Waals surface area contributed by atoms with E-state index in [1.165, 1.54) is 38.9 Å². The van der Waals surface area contributed by atoms with Gasteiger partial charge in [-0.05, 0) is 44.6 Å². The molecule has 2 heterocycles. The van der Waals surface area contributed by atoms with Crippen molar-refractivity contribution in [2.75, 3.05) is 32.8 Å². The fourth-order valence-corrected chi connectivity index (χ4v) is 2.77. The van der Waals surface area contributed by atoms with E-state index in [0.717, 1.165) is 25.0 Å². The minimum absolute atomic E-state index is 0.359. The summed E-state index contributed by atoms with van der Waals surface area (Å²) in [6.07, 6.45) is 3.87. The van der Waals surface area contributed by atoms with E-state index < -0.39 is 0 Å². The molecule has 0 spiro atoms. The molecule has 2 aliphatic rings. The van der Waals surface area contributed by atoms with Crippen LogP contribution in [-0.4, -0.2) is 43.8 Å². The molecule has 0 bridgehead atoms. The van der Waals surface area contributed by atoms with Crippen LogP contribution in [0.5, 0.6) is 0 Å². The lowest BCUT2D eigenvalue weighted by Gasteiger charge is -2.27. The molecule has 3 nitrogen and oxygen atoms in total. The first-order chi connectivity index (χ1) is 7.25. The molecule has 3 atom stereocenters. The van der Waals surface area contributed by atoms with Gasteiger partial charge in [-0.2, -0.15) is 0 Å². The van der Waals surface area contributed by atoms with Gasteiger partial charge in [0.2, 0.25) is 0 Å². The van der Waals surface area contributed by atoms with Gasteiger partial charge in [0.25, 0.3) is 0 Å². The van der Waals surface area contributed by atoms with Crippen molar-refractivity contribution in [3.63, 3.8) is 0 Å². The molecule has 0 aromatic rings. The standard InChI is InChI=1S/C12H24N2O/c1-10(13)12-4-5-14(8-12)7-11-3-2-6-15-9-11/h10-12H,2-9,13H2,1H3. The van der Waals surface area contributed by atoms with Crippen LogP contribution < -0.4 is 5.73 Å². The Balaban J connectivity index is 1.71. The largest absolute Gasteiger partial charge is 0.381 e. The number of likely N-dealkylation sites (tertiary alicyclic amines) is 1. The van der Waals surface area contributed by atoms with Crippen molar-refractivity contribution in [3.8, 4) is 0 Å². The molecule has 2 saturated heterocycles. The fraction of sp³-hybridized carbons (Fsp3) is 1.00. The summed E-state index contributed by atoms with van der Waals surface area (Å²) >= 11 is 0. The van der Waals surface area contributed by atoms with Crippen molar-refractivity contribution in [3.05, 3.63) is 0 Å². The summed E-state index contributed by atoms with van der Waals surface area (Å²) in [6.45, 7) is 7.75. The monoisotopic (exact) mass is 212 g/mol. The first-order valence-electron chi connectivity index (χ1n) is 6.31.